The summed E-state index contributed by atoms with van der Waals surface area (Å²) in [6.07, 6.45) is 15.5. The molecule has 424 valence electrons. The third-order valence-electron chi connectivity index (χ3n) is 16.4. The summed E-state index contributed by atoms with van der Waals surface area (Å²) in [4.78, 5) is 18.7. The standard InChI is InChI=1S/C34H26N4O.C34H24N4O.4ClH.2K.2Pt/c2*1-19-13-27-25-7-5-23(17-29(25)33-35-9-11-37(33)31(27)15-21(19)3)39-24-6-8-26-28-14-20(2)22(4)16-32(28)38-12-10-36-34(38)30(26)18-24;;;;;;;;/h5-18H,1-4H3;5-16H,1-4H3;4*1H;;;;/q;-2;;;;;;;+2;+4/p-4. The first-order valence-electron chi connectivity index (χ1n) is 27.8. The molecule has 0 fully saturated rings. The first-order valence-corrected chi connectivity index (χ1v) is 55.1. The van der Waals surface area contributed by atoms with Crippen molar-refractivity contribution in [2.24, 2.45) is 0 Å². The molecule has 0 atom stereocenters. The Hall–Kier alpha value is -3.99. The van der Waals surface area contributed by atoms with E-state index in [-0.39, 0.29) is 21.1 Å². The molecule has 10 nitrogen and oxygen atoms in total. The van der Waals surface area contributed by atoms with Crippen molar-refractivity contribution in [2.75, 3.05) is 0 Å². The van der Waals surface area contributed by atoms with Crippen molar-refractivity contribution in [3.63, 3.8) is 0 Å². The minimum Gasteiger partial charge on any atom is 2.00 e. The van der Waals surface area contributed by atoms with E-state index >= 15 is 0 Å². The van der Waals surface area contributed by atoms with Crippen LogP contribution in [0.1, 0.15) is 44.5 Å². The molecular weight excluding hydrogens is 1570 g/mol. The summed E-state index contributed by atoms with van der Waals surface area (Å²) in [7, 11) is 20.0. The second-order valence-electron chi connectivity index (χ2n) is 21.4. The molecule has 8 aromatic heterocycles. The fourth-order valence-corrected chi connectivity index (χ4v) is 11.8. The number of nitrogens with zero attached hydrogens (tertiary/aromatic N) is 8. The molecular formula is C68H50Cl4K2N8O2Pt2. The normalized spacial score (nSPS) is 12.0. The molecule has 0 aliphatic carbocycles. The van der Waals surface area contributed by atoms with E-state index in [1.54, 1.807) is 0 Å². The fraction of sp³-hybridized carbons (Fsp3) is 0.118. The number of hydrogen-bond acceptors (Lipinski definition) is 6. The Labute approximate surface area is 574 Å². The number of aryl methyl sites for hydroxylation is 8. The number of imidazole rings is 4. The quantitative estimate of drug-likeness (QED) is 0.0991. The van der Waals surface area contributed by atoms with Crippen LogP contribution in [0.2, 0.25) is 0 Å². The monoisotopic (exact) mass is 1620 g/mol. The summed E-state index contributed by atoms with van der Waals surface area (Å²) in [5, 5.41) is 13.4. The molecule has 0 N–H and O–H groups in total. The third kappa shape index (κ3) is 11.5. The van der Waals surface area contributed by atoms with Gasteiger partial charge in [-0.15, -0.1) is 12.1 Å². The molecule has 0 unspecified atom stereocenters. The Morgan fingerprint density at radius 3 is 0.965 bits per heavy atom. The molecule has 18 heteroatoms. The number of ether oxygens (including phenoxy) is 2. The summed E-state index contributed by atoms with van der Waals surface area (Å²) in [5.41, 5.74) is 18.4. The van der Waals surface area contributed by atoms with Crippen LogP contribution in [0, 0.1) is 67.5 Å². The maximum atomic E-state index is 6.48. The van der Waals surface area contributed by atoms with Gasteiger partial charge in [-0.05, 0) is 194 Å². The predicted octanol–water partition coefficient (Wildman–Crippen LogP) is 18.8. The zero-order valence-corrected chi connectivity index (χ0v) is 62.4. The van der Waals surface area contributed by atoms with Gasteiger partial charge in [0.25, 0.3) is 0 Å². The summed E-state index contributed by atoms with van der Waals surface area (Å²) >= 11 is -0.556. The summed E-state index contributed by atoms with van der Waals surface area (Å²) in [5.74, 6) is 2.80. The van der Waals surface area contributed by atoms with E-state index in [1.807, 2.05) is 61.7 Å². The van der Waals surface area contributed by atoms with Gasteiger partial charge >= 0.3 is 134 Å². The van der Waals surface area contributed by atoms with E-state index in [4.69, 9.17) is 57.1 Å². The molecule has 0 radical (unpaired) electrons. The van der Waals surface area contributed by atoms with Crippen molar-refractivity contribution >= 4 is 210 Å². The molecule has 0 spiro atoms. The van der Waals surface area contributed by atoms with E-state index in [0.717, 1.165) is 77.4 Å². The zero-order valence-electron chi connectivity index (χ0n) is 48.5. The SMILES string of the molecule is Cc1cc2c3ccc(Oc4[c-]c5c(cc4)c4cc(C)c(C)cc4n4ccnc54)[c-]c3c3nccn3c2cc1C.Cc1cc2c3ccc(Oc4ccc5c6cc(C)c(C)cc6n6ccnc6c5c4)cc3c3nccn3c2cc1C.[Cl][Pt]([Cl])([Cl])[Cl].[K][K].[Pt+2]. The fourth-order valence-electron chi connectivity index (χ4n) is 11.8. The first-order chi connectivity index (χ1) is 40.9. The van der Waals surface area contributed by atoms with E-state index in [1.165, 1.54) is 151 Å². The number of fused-ring (bicyclic) bond motifs is 24. The van der Waals surface area contributed by atoms with Crippen LogP contribution in [0.25, 0.3) is 109 Å². The molecule has 8 heterocycles. The summed E-state index contributed by atoms with van der Waals surface area (Å²) in [6.45, 7) is 17.2. The number of hydrogen-bond donors (Lipinski definition) is 0. The second kappa shape index (κ2) is 25.0. The molecule has 0 amide bonds. The van der Waals surface area contributed by atoms with Gasteiger partial charge in [-0.2, -0.15) is 0 Å². The van der Waals surface area contributed by atoms with E-state index in [9.17, 15) is 0 Å². The Morgan fingerprint density at radius 1 is 0.349 bits per heavy atom. The van der Waals surface area contributed by atoms with Crippen LogP contribution in [-0.4, -0.2) is 101 Å². The summed E-state index contributed by atoms with van der Waals surface area (Å²) in [6, 6.07) is 45.8. The predicted molar refractivity (Wildman–Crippen MR) is 351 cm³/mol. The van der Waals surface area contributed by atoms with Crippen LogP contribution >= 0.6 is 37.7 Å². The first kappa shape index (κ1) is 62.2. The number of aromatic nitrogens is 8. The third-order valence-corrected chi connectivity index (χ3v) is 16.4. The van der Waals surface area contributed by atoms with Gasteiger partial charge in [0.05, 0.1) is 22.3 Å². The molecule has 8 aromatic carbocycles. The minimum atomic E-state index is -3.06. The number of rotatable bonds is 4. The van der Waals surface area contributed by atoms with E-state index < -0.39 is 11.9 Å². The summed E-state index contributed by atoms with van der Waals surface area (Å²) < 4.78 is 21.5. The topological polar surface area (TPSA) is 87.7 Å². The average molecular weight is 1620 g/mol. The largest absolute Gasteiger partial charge is 2.00 e. The average Bonchev–Trinajstić information content (AvgIpc) is 1.92. The van der Waals surface area contributed by atoms with Gasteiger partial charge in [-0.3, -0.25) is 18.8 Å². The Balaban J connectivity index is 0.000000151. The molecule has 0 aliphatic rings. The molecule has 0 aliphatic heterocycles. The van der Waals surface area contributed by atoms with Gasteiger partial charge in [-0.25, -0.2) is 9.97 Å². The maximum absolute atomic E-state index is 6.48. The van der Waals surface area contributed by atoms with Crippen molar-refractivity contribution < 1.29 is 42.4 Å². The zero-order chi connectivity index (χ0) is 59.3. The van der Waals surface area contributed by atoms with Crippen LogP contribution in [-0.2, 0) is 33.0 Å². The molecule has 16 rings (SSSR count). The second-order valence-corrected chi connectivity index (χ2v) is 41.1. The Bertz CT molecular complexity index is 4770. The molecule has 0 saturated heterocycles. The van der Waals surface area contributed by atoms with Gasteiger partial charge < -0.3 is 18.3 Å². The van der Waals surface area contributed by atoms with Crippen molar-refractivity contribution in [1.29, 1.82) is 0 Å². The van der Waals surface area contributed by atoms with Crippen LogP contribution in [0.4, 0.5) is 0 Å². The maximum Gasteiger partial charge on any atom is 2.00 e. The number of benzene rings is 8. The number of halogens is 4. The van der Waals surface area contributed by atoms with E-state index in [0.29, 0.717) is 11.5 Å². The van der Waals surface area contributed by atoms with Crippen LogP contribution < -0.4 is 9.47 Å². The van der Waals surface area contributed by atoms with Gasteiger partial charge in [0.2, 0.25) is 0 Å². The van der Waals surface area contributed by atoms with Crippen molar-refractivity contribution in [3.8, 4) is 23.0 Å². The molecule has 0 saturated carbocycles. The molecule has 0 bridgehead atoms. The number of pyridine rings is 4. The van der Waals surface area contributed by atoms with Crippen LogP contribution in [0.15, 0.2) is 159 Å². The van der Waals surface area contributed by atoms with Crippen LogP contribution in [0.5, 0.6) is 23.0 Å². The van der Waals surface area contributed by atoms with Crippen molar-refractivity contribution in [2.45, 2.75) is 55.4 Å². The molecule has 86 heavy (non-hydrogen) atoms. The van der Waals surface area contributed by atoms with Crippen molar-refractivity contribution in [3.05, 3.63) is 215 Å². The molecule has 16 aromatic rings. The van der Waals surface area contributed by atoms with Gasteiger partial charge in [-0.1, -0.05) is 57.9 Å². The Kier molecular flexibility index (Phi) is 18.1. The van der Waals surface area contributed by atoms with Gasteiger partial charge in [0, 0.05) is 93.7 Å². The smallest absolute Gasteiger partial charge is 2.00 e. The Morgan fingerprint density at radius 2 is 0.628 bits per heavy atom. The van der Waals surface area contributed by atoms with Crippen molar-refractivity contribution in [1.82, 2.24) is 37.5 Å². The van der Waals surface area contributed by atoms with E-state index in [2.05, 4.69) is 192 Å². The van der Waals surface area contributed by atoms with Crippen LogP contribution in [0.3, 0.4) is 0 Å². The van der Waals surface area contributed by atoms with Gasteiger partial charge in [0.1, 0.15) is 22.8 Å². The minimum absolute atomic E-state index is 0. The van der Waals surface area contributed by atoms with Gasteiger partial charge in [0.15, 0.2) is 0 Å².